The Bertz CT molecular complexity index is 1680. The van der Waals surface area contributed by atoms with E-state index < -0.39 is 0 Å². The third-order valence-corrected chi connectivity index (χ3v) is 7.77. The van der Waals surface area contributed by atoms with Crippen LogP contribution >= 0.6 is 11.8 Å². The van der Waals surface area contributed by atoms with Crippen LogP contribution in [0.25, 0.3) is 16.8 Å². The summed E-state index contributed by atoms with van der Waals surface area (Å²) in [5.74, 6) is 0.822. The lowest BCUT2D eigenvalue weighted by Crippen LogP contribution is -2.23. The Labute approximate surface area is 230 Å². The number of hydrazone groups is 1. The van der Waals surface area contributed by atoms with Gasteiger partial charge in [0.05, 0.1) is 30.9 Å². The van der Waals surface area contributed by atoms with Crippen LogP contribution in [0.1, 0.15) is 29.2 Å². The number of aliphatic imine (C=N–C) groups is 1. The van der Waals surface area contributed by atoms with Gasteiger partial charge in [0.15, 0.2) is 16.7 Å². The second-order valence-corrected chi connectivity index (χ2v) is 10.2. The number of methoxy groups -OCH3 is 2. The molecule has 0 unspecified atom stereocenters. The molecule has 2 aliphatic heterocycles. The number of nitrogens with zero attached hydrogens (tertiary/aromatic N) is 3. The summed E-state index contributed by atoms with van der Waals surface area (Å²) in [6, 6.07) is 27.3. The molecule has 2 heterocycles. The van der Waals surface area contributed by atoms with Crippen LogP contribution in [0.4, 0.5) is 0 Å². The van der Waals surface area contributed by atoms with Crippen molar-refractivity contribution in [1.29, 1.82) is 0 Å². The number of benzene rings is 4. The lowest BCUT2D eigenvalue weighted by molar-refractivity contribution is -0.113. The summed E-state index contributed by atoms with van der Waals surface area (Å²) in [6.07, 6.45) is 2.41. The molecular weight excluding hydrogens is 510 g/mol. The van der Waals surface area contributed by atoms with Crippen molar-refractivity contribution < 1.29 is 19.4 Å². The van der Waals surface area contributed by atoms with Crippen LogP contribution < -0.4 is 9.47 Å². The van der Waals surface area contributed by atoms with Crippen LogP contribution in [0.15, 0.2) is 99.9 Å². The van der Waals surface area contributed by atoms with Gasteiger partial charge in [-0.2, -0.15) is 10.1 Å². The van der Waals surface area contributed by atoms with E-state index in [9.17, 15) is 9.90 Å². The predicted molar refractivity (Wildman–Crippen MR) is 155 cm³/mol. The average molecular weight is 536 g/mol. The van der Waals surface area contributed by atoms with E-state index in [0.717, 1.165) is 33.5 Å². The number of carbonyl (C=O) groups excluding carboxylic acids is 1. The molecule has 0 aliphatic carbocycles. The highest BCUT2D eigenvalue weighted by molar-refractivity contribution is 8.18. The zero-order valence-electron chi connectivity index (χ0n) is 21.4. The van der Waals surface area contributed by atoms with Crippen molar-refractivity contribution in [1.82, 2.24) is 5.01 Å². The second kappa shape index (κ2) is 10.3. The standard InChI is InChI=1S/C31H25N3O4S/c1-37-24-12-10-21(11-13-24)26-18-25(23-9-8-20-5-3-4-6-22(20)17-23)33-34(26)31-32-30(36)29(39-31)16-19-7-14-27(35)28(15-19)38-2/h3-17,26,35H,18H2,1-2H3/b29-16-/t26-/m1/s1. The number of thioether (sulfide) groups is 1. The molecule has 0 radical (unpaired) electrons. The number of hydrogen-bond donors (Lipinski definition) is 1. The van der Waals surface area contributed by atoms with Crippen LogP contribution in [0.5, 0.6) is 17.2 Å². The van der Waals surface area contributed by atoms with Crippen molar-refractivity contribution in [2.45, 2.75) is 12.5 Å². The molecule has 0 fully saturated rings. The molecule has 1 atom stereocenters. The summed E-state index contributed by atoms with van der Waals surface area (Å²) in [7, 11) is 3.13. The van der Waals surface area contributed by atoms with Crippen molar-refractivity contribution >= 4 is 45.4 Å². The van der Waals surface area contributed by atoms with Crippen molar-refractivity contribution in [3.8, 4) is 17.2 Å². The van der Waals surface area contributed by atoms with Gasteiger partial charge in [0.25, 0.3) is 5.91 Å². The number of carbonyl (C=O) groups is 1. The van der Waals surface area contributed by atoms with Crippen LogP contribution in [-0.4, -0.2) is 41.1 Å². The number of amides is 1. The van der Waals surface area contributed by atoms with Crippen LogP contribution in [0.2, 0.25) is 0 Å². The lowest BCUT2D eigenvalue weighted by atomic mass is 9.97. The Hall–Kier alpha value is -4.56. The second-order valence-electron chi connectivity index (χ2n) is 9.19. The SMILES string of the molecule is COc1ccc([C@H]2CC(c3ccc4ccccc4c3)=NN2C2=NC(=O)/C(=C/c3ccc(O)c(OC)c3)S2)cc1. The van der Waals surface area contributed by atoms with Crippen LogP contribution in [0, 0.1) is 0 Å². The summed E-state index contributed by atoms with van der Waals surface area (Å²) >= 11 is 1.29. The molecule has 7 nitrogen and oxygen atoms in total. The molecule has 0 aromatic heterocycles. The van der Waals surface area contributed by atoms with Crippen molar-refractivity contribution in [2.24, 2.45) is 10.1 Å². The number of rotatable bonds is 5. The highest BCUT2D eigenvalue weighted by Crippen LogP contribution is 2.40. The molecule has 6 rings (SSSR count). The third kappa shape index (κ3) is 4.86. The Morgan fingerprint density at radius 1 is 0.949 bits per heavy atom. The van der Waals surface area contributed by atoms with Gasteiger partial charge in [0.1, 0.15) is 5.75 Å². The molecule has 2 aliphatic rings. The molecule has 0 spiro atoms. The molecule has 0 saturated carbocycles. The molecule has 39 heavy (non-hydrogen) atoms. The van der Waals surface area contributed by atoms with Crippen molar-refractivity contribution in [3.63, 3.8) is 0 Å². The maximum Gasteiger partial charge on any atom is 0.286 e. The topological polar surface area (TPSA) is 83.7 Å². The minimum atomic E-state index is -0.329. The van der Waals surface area contributed by atoms with E-state index >= 15 is 0 Å². The monoisotopic (exact) mass is 535 g/mol. The summed E-state index contributed by atoms with van der Waals surface area (Å²) < 4.78 is 10.6. The van der Waals surface area contributed by atoms with Crippen molar-refractivity contribution in [2.75, 3.05) is 14.2 Å². The molecular formula is C31H25N3O4S. The number of phenols is 1. The Kier molecular flexibility index (Phi) is 6.54. The van der Waals surface area contributed by atoms with E-state index in [4.69, 9.17) is 14.6 Å². The number of hydrogen-bond acceptors (Lipinski definition) is 7. The third-order valence-electron chi connectivity index (χ3n) is 6.80. The van der Waals surface area contributed by atoms with Gasteiger partial charge in [-0.15, -0.1) is 0 Å². The van der Waals surface area contributed by atoms with E-state index in [1.807, 2.05) is 41.4 Å². The van der Waals surface area contributed by atoms with E-state index in [2.05, 4.69) is 35.3 Å². The maximum atomic E-state index is 12.9. The van der Waals surface area contributed by atoms with Crippen LogP contribution in [-0.2, 0) is 4.79 Å². The number of ether oxygens (including phenoxy) is 2. The number of phenolic OH excluding ortho intramolecular Hbond substituents is 1. The van der Waals surface area contributed by atoms with Gasteiger partial charge in [-0.05, 0) is 75.6 Å². The van der Waals surface area contributed by atoms with E-state index in [1.165, 1.54) is 30.3 Å². The normalized spacial score (nSPS) is 18.0. The van der Waals surface area contributed by atoms with Crippen LogP contribution in [0.3, 0.4) is 0 Å². The van der Waals surface area contributed by atoms with Gasteiger partial charge < -0.3 is 14.6 Å². The smallest absolute Gasteiger partial charge is 0.286 e. The minimum Gasteiger partial charge on any atom is -0.504 e. The summed E-state index contributed by atoms with van der Waals surface area (Å²) in [5, 5.41) is 19.6. The molecule has 194 valence electrons. The van der Waals surface area contributed by atoms with Gasteiger partial charge in [0.2, 0.25) is 0 Å². The highest BCUT2D eigenvalue weighted by atomic mass is 32.2. The lowest BCUT2D eigenvalue weighted by Gasteiger charge is -2.22. The first-order valence-corrected chi connectivity index (χ1v) is 13.2. The zero-order valence-corrected chi connectivity index (χ0v) is 22.2. The number of amidine groups is 1. The number of aromatic hydroxyl groups is 1. The largest absolute Gasteiger partial charge is 0.504 e. The first-order valence-electron chi connectivity index (χ1n) is 12.4. The van der Waals surface area contributed by atoms with E-state index in [1.54, 1.807) is 25.3 Å². The average Bonchev–Trinajstić information content (AvgIpc) is 3.57. The Morgan fingerprint density at radius 3 is 2.51 bits per heavy atom. The molecule has 4 aromatic carbocycles. The number of fused-ring (bicyclic) bond motifs is 1. The van der Waals surface area contributed by atoms with Gasteiger partial charge in [0, 0.05) is 6.42 Å². The Morgan fingerprint density at radius 2 is 1.74 bits per heavy atom. The molecule has 8 heteroatoms. The van der Waals surface area contributed by atoms with E-state index in [0.29, 0.717) is 22.2 Å². The predicted octanol–water partition coefficient (Wildman–Crippen LogP) is 6.38. The van der Waals surface area contributed by atoms with Gasteiger partial charge in [-0.1, -0.05) is 54.6 Å². The summed E-state index contributed by atoms with van der Waals surface area (Å²) in [4.78, 5) is 17.8. The highest BCUT2D eigenvalue weighted by Gasteiger charge is 2.36. The molecule has 0 saturated heterocycles. The molecule has 4 aromatic rings. The Balaban J connectivity index is 1.35. The molecule has 0 bridgehead atoms. The van der Waals surface area contributed by atoms with E-state index in [-0.39, 0.29) is 17.7 Å². The van der Waals surface area contributed by atoms with Gasteiger partial charge in [-0.25, -0.2) is 5.01 Å². The molecule has 1 N–H and O–H groups in total. The summed E-state index contributed by atoms with van der Waals surface area (Å²) in [6.45, 7) is 0. The van der Waals surface area contributed by atoms with Crippen molar-refractivity contribution in [3.05, 3.63) is 107 Å². The quantitative estimate of drug-likeness (QED) is 0.299. The fraction of sp³-hybridized carbons (Fsp3) is 0.129. The van der Waals surface area contributed by atoms with Gasteiger partial charge >= 0.3 is 0 Å². The fourth-order valence-corrected chi connectivity index (χ4v) is 5.66. The minimum absolute atomic E-state index is 0.0388. The maximum absolute atomic E-state index is 12.9. The first-order chi connectivity index (χ1) is 19.0. The first kappa shape index (κ1) is 24.8. The van der Waals surface area contributed by atoms with Gasteiger partial charge in [-0.3, -0.25) is 4.79 Å². The molecule has 1 amide bonds. The zero-order chi connectivity index (χ0) is 26.9. The fourth-order valence-electron chi connectivity index (χ4n) is 4.75. The summed E-state index contributed by atoms with van der Waals surface area (Å²) in [5.41, 5.74) is 3.74.